The molecule has 194 valence electrons. The number of quaternary nitrogens is 1. The van der Waals surface area contributed by atoms with Gasteiger partial charge in [0.1, 0.15) is 6.54 Å². The van der Waals surface area contributed by atoms with Crippen molar-refractivity contribution in [2.45, 2.75) is 143 Å². The van der Waals surface area contributed by atoms with E-state index in [2.05, 4.69) is 51.1 Å². The van der Waals surface area contributed by atoms with Crippen LogP contribution < -0.4 is 0 Å². The van der Waals surface area contributed by atoms with Crippen LogP contribution in [-0.4, -0.2) is 29.6 Å². The highest BCUT2D eigenvalue weighted by molar-refractivity contribution is 5.13. The van der Waals surface area contributed by atoms with Crippen LogP contribution in [0.25, 0.3) is 0 Å². The predicted molar refractivity (Wildman–Crippen MR) is 147 cm³/mol. The Hall–Kier alpha value is -0.860. The summed E-state index contributed by atoms with van der Waals surface area (Å²) in [5, 5.41) is 0. The number of rotatable bonds is 23. The third-order valence-electron chi connectivity index (χ3n) is 7.69. The van der Waals surface area contributed by atoms with Crippen LogP contribution in [0.1, 0.15) is 142 Å². The topological polar surface area (TPSA) is 30.0 Å². The van der Waals surface area contributed by atoms with E-state index in [4.69, 9.17) is 0 Å². The summed E-state index contributed by atoms with van der Waals surface area (Å²) < 4.78 is 1.25. The zero-order valence-electron chi connectivity index (χ0n) is 22.8. The zero-order chi connectivity index (χ0) is 23.2. The Balaban J connectivity index is 0.0000102. The van der Waals surface area contributed by atoms with E-state index in [9.17, 15) is 0 Å². The molecule has 0 aliphatic rings. The van der Waals surface area contributed by atoms with Crippen molar-refractivity contribution < 1.29 is 9.96 Å². The van der Waals surface area contributed by atoms with Crippen LogP contribution in [0.5, 0.6) is 0 Å². The Bertz CT molecular complexity index is 497. The zero-order valence-corrected chi connectivity index (χ0v) is 22.8. The Morgan fingerprint density at radius 2 is 0.848 bits per heavy atom. The van der Waals surface area contributed by atoms with E-state index in [1.54, 1.807) is 0 Å². The SMILES string of the molecule is CCCCCCCCCCCCCCCCCCCC[N+](CC)(CC)Cc1ccccc1.[OH-]. The molecule has 33 heavy (non-hydrogen) atoms. The third kappa shape index (κ3) is 17.3. The molecule has 0 amide bonds. The molecule has 2 nitrogen and oxygen atoms in total. The molecule has 0 heterocycles. The summed E-state index contributed by atoms with van der Waals surface area (Å²) in [5.74, 6) is 0. The molecule has 0 radical (unpaired) electrons. The summed E-state index contributed by atoms with van der Waals surface area (Å²) >= 11 is 0. The van der Waals surface area contributed by atoms with E-state index < -0.39 is 0 Å². The van der Waals surface area contributed by atoms with E-state index in [1.165, 1.54) is 152 Å². The van der Waals surface area contributed by atoms with Gasteiger partial charge in [-0.3, -0.25) is 0 Å². The molecule has 1 N–H and O–H groups in total. The van der Waals surface area contributed by atoms with Gasteiger partial charge in [-0.1, -0.05) is 140 Å². The van der Waals surface area contributed by atoms with Crippen molar-refractivity contribution in [3.8, 4) is 0 Å². The molecular weight excluding hydrogens is 402 g/mol. The second kappa shape index (κ2) is 22.9. The molecule has 2 heteroatoms. The lowest BCUT2D eigenvalue weighted by Gasteiger charge is -2.37. The monoisotopic (exact) mass is 461 g/mol. The fourth-order valence-corrected chi connectivity index (χ4v) is 5.16. The Kier molecular flexibility index (Phi) is 22.3. The smallest absolute Gasteiger partial charge is 0.104 e. The minimum Gasteiger partial charge on any atom is -0.870 e. The highest BCUT2D eigenvalue weighted by Crippen LogP contribution is 2.18. The van der Waals surface area contributed by atoms with Crippen molar-refractivity contribution in [2.75, 3.05) is 19.6 Å². The second-order valence-electron chi connectivity index (χ2n) is 10.4. The van der Waals surface area contributed by atoms with Crippen molar-refractivity contribution in [3.05, 3.63) is 35.9 Å². The fourth-order valence-electron chi connectivity index (χ4n) is 5.16. The summed E-state index contributed by atoms with van der Waals surface area (Å²) in [6.45, 7) is 12.1. The van der Waals surface area contributed by atoms with Gasteiger partial charge < -0.3 is 9.96 Å². The molecule has 0 bridgehead atoms. The number of hydrogen-bond acceptors (Lipinski definition) is 1. The molecule has 0 aromatic heterocycles. The van der Waals surface area contributed by atoms with Crippen molar-refractivity contribution in [2.24, 2.45) is 0 Å². The van der Waals surface area contributed by atoms with Crippen molar-refractivity contribution in [1.82, 2.24) is 0 Å². The van der Waals surface area contributed by atoms with Crippen molar-refractivity contribution in [3.63, 3.8) is 0 Å². The first-order valence-electron chi connectivity index (χ1n) is 14.7. The summed E-state index contributed by atoms with van der Waals surface area (Å²) in [4.78, 5) is 0. The number of benzene rings is 1. The van der Waals surface area contributed by atoms with Crippen molar-refractivity contribution in [1.29, 1.82) is 0 Å². The van der Waals surface area contributed by atoms with Gasteiger partial charge in [0.25, 0.3) is 0 Å². The van der Waals surface area contributed by atoms with Crippen molar-refractivity contribution >= 4 is 0 Å². The highest BCUT2D eigenvalue weighted by Gasteiger charge is 2.22. The standard InChI is InChI=1S/C31H58N.H2O/c1-4-7-8-9-10-11-12-13-14-15-16-17-18-19-20-21-22-26-29-32(5-2,6-3)30-31-27-24-23-25-28-31;/h23-25,27-28H,4-22,26,29-30H2,1-3H3;1H2/q+1;/p-1. The van der Waals surface area contributed by atoms with Gasteiger partial charge in [0.15, 0.2) is 0 Å². The van der Waals surface area contributed by atoms with Gasteiger partial charge in [0.05, 0.1) is 19.6 Å². The molecule has 1 aromatic carbocycles. The first-order chi connectivity index (χ1) is 15.8. The van der Waals surface area contributed by atoms with Gasteiger partial charge in [-0.15, -0.1) is 0 Å². The summed E-state index contributed by atoms with van der Waals surface area (Å²) in [7, 11) is 0. The first-order valence-corrected chi connectivity index (χ1v) is 14.7. The molecule has 0 saturated heterocycles. The van der Waals surface area contributed by atoms with Crippen LogP contribution in [0, 0.1) is 0 Å². The molecular formula is C31H59NO. The van der Waals surface area contributed by atoms with Gasteiger partial charge in [-0.2, -0.15) is 0 Å². The maximum absolute atomic E-state index is 2.38. The first kappa shape index (κ1) is 32.1. The van der Waals surface area contributed by atoms with Crippen LogP contribution >= 0.6 is 0 Å². The summed E-state index contributed by atoms with van der Waals surface area (Å²) in [5.41, 5.74) is 1.50. The summed E-state index contributed by atoms with van der Waals surface area (Å²) in [6.07, 6.45) is 26.2. The summed E-state index contributed by atoms with van der Waals surface area (Å²) in [6, 6.07) is 11.1. The number of hydrogen-bond donors (Lipinski definition) is 0. The van der Waals surface area contributed by atoms with Crippen LogP contribution in [0.3, 0.4) is 0 Å². The lowest BCUT2D eigenvalue weighted by Crippen LogP contribution is -2.47. The predicted octanol–water partition coefficient (Wildman–Crippen LogP) is 9.91. The molecule has 0 aliphatic heterocycles. The van der Waals surface area contributed by atoms with Gasteiger partial charge in [0, 0.05) is 5.56 Å². The lowest BCUT2D eigenvalue weighted by atomic mass is 10.0. The second-order valence-corrected chi connectivity index (χ2v) is 10.4. The maximum Gasteiger partial charge on any atom is 0.104 e. The van der Waals surface area contributed by atoms with Gasteiger partial charge in [-0.05, 0) is 26.7 Å². The minimum atomic E-state index is 0. The fraction of sp³-hybridized carbons (Fsp3) is 0.806. The normalized spacial score (nSPS) is 11.5. The molecule has 1 rings (SSSR count). The van der Waals surface area contributed by atoms with Crippen LogP contribution in [0.4, 0.5) is 0 Å². The van der Waals surface area contributed by atoms with Gasteiger partial charge in [0.2, 0.25) is 0 Å². The molecule has 0 atom stereocenters. The van der Waals surface area contributed by atoms with Crippen LogP contribution in [0.2, 0.25) is 0 Å². The molecule has 0 fully saturated rings. The molecule has 0 aliphatic carbocycles. The number of unbranched alkanes of at least 4 members (excludes halogenated alkanes) is 17. The third-order valence-corrected chi connectivity index (χ3v) is 7.69. The van der Waals surface area contributed by atoms with Crippen LogP contribution in [0.15, 0.2) is 30.3 Å². The molecule has 0 spiro atoms. The number of nitrogens with zero attached hydrogens (tertiary/aromatic N) is 1. The Morgan fingerprint density at radius 3 is 1.21 bits per heavy atom. The lowest BCUT2D eigenvalue weighted by molar-refractivity contribution is -0.938. The van der Waals surface area contributed by atoms with E-state index in [0.29, 0.717) is 0 Å². The Labute approximate surface area is 208 Å². The van der Waals surface area contributed by atoms with Gasteiger partial charge >= 0.3 is 0 Å². The van der Waals surface area contributed by atoms with Crippen LogP contribution in [-0.2, 0) is 6.54 Å². The van der Waals surface area contributed by atoms with Gasteiger partial charge in [-0.25, -0.2) is 0 Å². The molecule has 0 saturated carbocycles. The van der Waals surface area contributed by atoms with E-state index >= 15 is 0 Å². The molecule has 0 unspecified atom stereocenters. The minimum absolute atomic E-state index is 0. The highest BCUT2D eigenvalue weighted by atomic mass is 16.0. The van der Waals surface area contributed by atoms with E-state index in [-0.39, 0.29) is 5.48 Å². The largest absolute Gasteiger partial charge is 0.870 e. The quantitative estimate of drug-likeness (QED) is 0.118. The average molecular weight is 462 g/mol. The van der Waals surface area contributed by atoms with E-state index in [0.717, 1.165) is 0 Å². The maximum atomic E-state index is 2.38. The molecule has 1 aromatic rings. The Morgan fingerprint density at radius 1 is 0.485 bits per heavy atom. The van der Waals surface area contributed by atoms with E-state index in [1.807, 2.05) is 0 Å². The average Bonchev–Trinajstić information content (AvgIpc) is 2.83.